The second kappa shape index (κ2) is 7.44. The number of benzene rings is 2. The predicted molar refractivity (Wildman–Crippen MR) is 105 cm³/mol. The van der Waals surface area contributed by atoms with E-state index in [0.717, 1.165) is 12.1 Å². The number of imidazole rings is 1. The third-order valence-corrected chi connectivity index (χ3v) is 4.45. The van der Waals surface area contributed by atoms with E-state index in [2.05, 4.69) is 16.0 Å². The highest BCUT2D eigenvalue weighted by Crippen LogP contribution is 2.33. The van der Waals surface area contributed by atoms with E-state index in [-0.39, 0.29) is 11.3 Å². The number of aromatic nitrogens is 2. The Bertz CT molecular complexity index is 1290. The number of methoxy groups -OCH3 is 1. The molecular formula is C22H14F3N3O2. The SMILES string of the molecule is COc1ccc2nc(/C(C#N)=C/c3ccc(-c4cccc(C(F)(F)F)c4)o3)[nH]c2c1. The molecule has 0 aliphatic carbocycles. The van der Waals surface area contributed by atoms with Crippen LogP contribution in [0.2, 0.25) is 0 Å². The van der Waals surface area contributed by atoms with Crippen molar-refractivity contribution in [2.45, 2.75) is 6.18 Å². The number of fused-ring (bicyclic) bond motifs is 1. The zero-order valence-electron chi connectivity index (χ0n) is 15.6. The minimum Gasteiger partial charge on any atom is -0.497 e. The normalized spacial score (nSPS) is 12.2. The molecule has 0 saturated carbocycles. The van der Waals surface area contributed by atoms with Crippen molar-refractivity contribution in [2.75, 3.05) is 7.11 Å². The second-order valence-corrected chi connectivity index (χ2v) is 6.42. The highest BCUT2D eigenvalue weighted by Gasteiger charge is 2.30. The lowest BCUT2D eigenvalue weighted by Crippen LogP contribution is -2.04. The summed E-state index contributed by atoms with van der Waals surface area (Å²) >= 11 is 0. The van der Waals surface area contributed by atoms with Gasteiger partial charge in [-0.3, -0.25) is 0 Å². The van der Waals surface area contributed by atoms with Crippen molar-refractivity contribution in [3.8, 4) is 23.1 Å². The smallest absolute Gasteiger partial charge is 0.416 e. The van der Waals surface area contributed by atoms with Crippen molar-refractivity contribution in [2.24, 2.45) is 0 Å². The summed E-state index contributed by atoms with van der Waals surface area (Å²) in [5.41, 5.74) is 1.11. The predicted octanol–water partition coefficient (Wildman–Crippen LogP) is 5.91. The van der Waals surface area contributed by atoms with Crippen LogP contribution in [-0.2, 0) is 6.18 Å². The number of nitrogens with one attached hydrogen (secondary N) is 1. The second-order valence-electron chi connectivity index (χ2n) is 6.42. The number of ether oxygens (including phenoxy) is 1. The molecule has 2 heterocycles. The van der Waals surface area contributed by atoms with Gasteiger partial charge >= 0.3 is 6.18 Å². The summed E-state index contributed by atoms with van der Waals surface area (Å²) in [7, 11) is 1.55. The lowest BCUT2D eigenvalue weighted by Gasteiger charge is -2.07. The molecule has 0 saturated heterocycles. The lowest BCUT2D eigenvalue weighted by atomic mass is 10.1. The maximum absolute atomic E-state index is 12.9. The van der Waals surface area contributed by atoms with Crippen molar-refractivity contribution in [3.63, 3.8) is 0 Å². The minimum atomic E-state index is -4.44. The molecule has 0 bridgehead atoms. The van der Waals surface area contributed by atoms with E-state index in [4.69, 9.17) is 9.15 Å². The molecule has 0 radical (unpaired) electrons. The number of aromatic amines is 1. The van der Waals surface area contributed by atoms with Gasteiger partial charge in [-0.25, -0.2) is 4.98 Å². The molecule has 1 N–H and O–H groups in total. The van der Waals surface area contributed by atoms with Gasteiger partial charge in [0.05, 0.1) is 29.3 Å². The van der Waals surface area contributed by atoms with E-state index >= 15 is 0 Å². The Kier molecular flexibility index (Phi) is 4.80. The molecule has 30 heavy (non-hydrogen) atoms. The summed E-state index contributed by atoms with van der Waals surface area (Å²) in [6, 6.07) is 15.4. The molecule has 0 fully saturated rings. The van der Waals surface area contributed by atoms with Gasteiger partial charge in [-0.05, 0) is 36.4 Å². The van der Waals surface area contributed by atoms with E-state index in [1.54, 1.807) is 37.4 Å². The first kappa shape index (κ1) is 19.3. The lowest BCUT2D eigenvalue weighted by molar-refractivity contribution is -0.137. The van der Waals surface area contributed by atoms with Gasteiger partial charge in [0.25, 0.3) is 0 Å². The Hall–Kier alpha value is -3.99. The number of hydrogen-bond acceptors (Lipinski definition) is 4. The van der Waals surface area contributed by atoms with Crippen molar-refractivity contribution in [1.29, 1.82) is 5.26 Å². The van der Waals surface area contributed by atoms with Crippen LogP contribution in [0.1, 0.15) is 17.1 Å². The van der Waals surface area contributed by atoms with E-state index in [1.165, 1.54) is 18.2 Å². The number of hydrogen-bond donors (Lipinski definition) is 1. The van der Waals surface area contributed by atoms with Crippen molar-refractivity contribution in [3.05, 3.63) is 71.7 Å². The number of furan rings is 1. The Morgan fingerprint density at radius 1 is 1.17 bits per heavy atom. The molecule has 0 unspecified atom stereocenters. The highest BCUT2D eigenvalue weighted by molar-refractivity contribution is 5.90. The van der Waals surface area contributed by atoms with Crippen LogP contribution in [0, 0.1) is 11.3 Å². The van der Waals surface area contributed by atoms with Crippen LogP contribution < -0.4 is 4.74 Å². The number of nitriles is 1. The minimum absolute atomic E-state index is 0.218. The van der Waals surface area contributed by atoms with E-state index in [0.29, 0.717) is 33.9 Å². The Balaban J connectivity index is 1.67. The molecule has 2 aromatic carbocycles. The van der Waals surface area contributed by atoms with Crippen LogP contribution in [0.3, 0.4) is 0 Å². The van der Waals surface area contributed by atoms with Crippen LogP contribution in [0.15, 0.2) is 59.0 Å². The van der Waals surface area contributed by atoms with Crippen LogP contribution in [0.25, 0.3) is 34.0 Å². The van der Waals surface area contributed by atoms with Crippen molar-refractivity contribution in [1.82, 2.24) is 9.97 Å². The third kappa shape index (κ3) is 3.78. The topological polar surface area (TPSA) is 74.8 Å². The molecule has 150 valence electrons. The fourth-order valence-corrected chi connectivity index (χ4v) is 2.97. The maximum Gasteiger partial charge on any atom is 0.416 e. The van der Waals surface area contributed by atoms with Gasteiger partial charge in [0.15, 0.2) is 0 Å². The van der Waals surface area contributed by atoms with Gasteiger partial charge < -0.3 is 14.1 Å². The van der Waals surface area contributed by atoms with Gasteiger partial charge in [0, 0.05) is 17.7 Å². The Morgan fingerprint density at radius 2 is 2.00 bits per heavy atom. The molecule has 0 aliphatic heterocycles. The van der Waals surface area contributed by atoms with E-state index < -0.39 is 11.7 Å². The van der Waals surface area contributed by atoms with Crippen LogP contribution in [0.4, 0.5) is 13.2 Å². The average Bonchev–Trinajstić information content (AvgIpc) is 3.37. The van der Waals surface area contributed by atoms with Crippen molar-refractivity contribution < 1.29 is 22.3 Å². The van der Waals surface area contributed by atoms with Gasteiger partial charge in [0.2, 0.25) is 0 Å². The molecule has 0 amide bonds. The summed E-state index contributed by atoms with van der Waals surface area (Å²) in [6.07, 6.45) is -2.96. The van der Waals surface area contributed by atoms with Gasteiger partial charge in [-0.1, -0.05) is 12.1 Å². The number of allylic oxidation sites excluding steroid dienone is 1. The van der Waals surface area contributed by atoms with Gasteiger partial charge in [-0.15, -0.1) is 0 Å². The molecule has 0 spiro atoms. The zero-order valence-corrected chi connectivity index (χ0v) is 15.6. The Morgan fingerprint density at radius 3 is 2.73 bits per heavy atom. The molecule has 0 aliphatic rings. The Labute approximate surface area is 169 Å². The molecule has 2 aromatic heterocycles. The van der Waals surface area contributed by atoms with Gasteiger partial charge in [-0.2, -0.15) is 18.4 Å². The zero-order chi connectivity index (χ0) is 21.3. The number of nitrogens with zero attached hydrogens (tertiary/aromatic N) is 2. The number of halogens is 3. The van der Waals surface area contributed by atoms with Crippen molar-refractivity contribution >= 4 is 22.7 Å². The number of H-pyrrole nitrogens is 1. The van der Waals surface area contributed by atoms with Gasteiger partial charge in [0.1, 0.15) is 29.2 Å². The molecule has 4 aromatic rings. The fraction of sp³-hybridized carbons (Fsp3) is 0.0909. The largest absolute Gasteiger partial charge is 0.497 e. The monoisotopic (exact) mass is 409 g/mol. The van der Waals surface area contributed by atoms with E-state index in [1.807, 2.05) is 0 Å². The molecular weight excluding hydrogens is 395 g/mol. The summed E-state index contributed by atoms with van der Waals surface area (Å²) < 4.78 is 49.6. The first-order valence-corrected chi connectivity index (χ1v) is 8.81. The molecule has 5 nitrogen and oxygen atoms in total. The fourth-order valence-electron chi connectivity index (χ4n) is 2.97. The first-order valence-electron chi connectivity index (χ1n) is 8.81. The molecule has 0 atom stereocenters. The van der Waals surface area contributed by atoms with E-state index in [9.17, 15) is 18.4 Å². The molecule has 8 heteroatoms. The standard InChI is InChI=1S/C22H14F3N3O2/c1-29-16-5-7-18-19(11-16)28-21(27-18)14(12-26)10-17-6-8-20(30-17)13-3-2-4-15(9-13)22(23,24)25/h2-11H,1H3,(H,27,28)/b14-10+. The highest BCUT2D eigenvalue weighted by atomic mass is 19.4. The summed E-state index contributed by atoms with van der Waals surface area (Å²) in [6.45, 7) is 0. The maximum atomic E-state index is 12.9. The third-order valence-electron chi connectivity index (χ3n) is 4.45. The van der Waals surface area contributed by atoms with Crippen LogP contribution in [0.5, 0.6) is 5.75 Å². The molecule has 4 rings (SSSR count). The first-order chi connectivity index (χ1) is 14.4. The quantitative estimate of drug-likeness (QED) is 0.425. The summed E-state index contributed by atoms with van der Waals surface area (Å²) in [4.78, 5) is 7.45. The average molecular weight is 409 g/mol. The van der Waals surface area contributed by atoms with Crippen LogP contribution in [-0.4, -0.2) is 17.1 Å². The number of rotatable bonds is 4. The summed E-state index contributed by atoms with van der Waals surface area (Å²) in [5.74, 6) is 1.57. The summed E-state index contributed by atoms with van der Waals surface area (Å²) in [5, 5.41) is 9.55. The number of alkyl halides is 3. The van der Waals surface area contributed by atoms with Crippen LogP contribution >= 0.6 is 0 Å².